The lowest BCUT2D eigenvalue weighted by molar-refractivity contribution is 0.111. The summed E-state index contributed by atoms with van der Waals surface area (Å²) >= 11 is 0. The molecule has 0 aliphatic rings. The van der Waals surface area contributed by atoms with E-state index < -0.39 is 30.2 Å². The maximum atomic E-state index is 13.3. The van der Waals surface area contributed by atoms with Gasteiger partial charge >= 0.3 is 0 Å². The van der Waals surface area contributed by atoms with Crippen molar-refractivity contribution in [2.24, 2.45) is 10.7 Å². The SMILES string of the molecule is NC(=CC=NCC(F)F)c1cc(F)c(C=O)c(F)c1. The second-order valence-electron chi connectivity index (χ2n) is 3.50. The van der Waals surface area contributed by atoms with Gasteiger partial charge in [0.25, 0.3) is 6.43 Å². The van der Waals surface area contributed by atoms with Crippen molar-refractivity contribution in [3.63, 3.8) is 0 Å². The summed E-state index contributed by atoms with van der Waals surface area (Å²) in [7, 11) is 0. The van der Waals surface area contributed by atoms with Gasteiger partial charge in [-0.15, -0.1) is 0 Å². The second-order valence-corrected chi connectivity index (χ2v) is 3.50. The summed E-state index contributed by atoms with van der Waals surface area (Å²) in [6.45, 7) is -0.684. The molecule has 7 heteroatoms. The van der Waals surface area contributed by atoms with Crippen LogP contribution >= 0.6 is 0 Å². The summed E-state index contributed by atoms with van der Waals surface area (Å²) in [5.74, 6) is -2.10. The molecule has 0 saturated heterocycles. The Morgan fingerprint density at radius 1 is 1.32 bits per heavy atom. The first-order chi connectivity index (χ1) is 8.95. The summed E-state index contributed by atoms with van der Waals surface area (Å²) in [5.41, 5.74) is 4.74. The number of hydrogen-bond acceptors (Lipinski definition) is 3. The first-order valence-electron chi connectivity index (χ1n) is 5.14. The van der Waals surface area contributed by atoms with E-state index in [4.69, 9.17) is 5.73 Å². The zero-order valence-electron chi connectivity index (χ0n) is 9.62. The number of hydrogen-bond donors (Lipinski definition) is 1. The number of rotatable bonds is 5. The Morgan fingerprint density at radius 3 is 2.37 bits per heavy atom. The molecule has 0 atom stereocenters. The minimum absolute atomic E-state index is 0.0101. The number of allylic oxidation sites excluding steroid dienone is 1. The topological polar surface area (TPSA) is 55.4 Å². The predicted molar refractivity (Wildman–Crippen MR) is 63.3 cm³/mol. The van der Waals surface area contributed by atoms with Crippen LogP contribution in [-0.2, 0) is 0 Å². The highest BCUT2D eigenvalue weighted by atomic mass is 19.3. The normalized spacial score (nSPS) is 12.4. The van der Waals surface area contributed by atoms with E-state index in [1.165, 1.54) is 0 Å². The summed E-state index contributed by atoms with van der Waals surface area (Å²) in [6, 6.07) is 1.75. The van der Waals surface area contributed by atoms with Crippen LogP contribution in [0.3, 0.4) is 0 Å². The fourth-order valence-electron chi connectivity index (χ4n) is 1.23. The van der Waals surface area contributed by atoms with Gasteiger partial charge in [0.05, 0.1) is 12.1 Å². The zero-order chi connectivity index (χ0) is 14.4. The van der Waals surface area contributed by atoms with Crippen LogP contribution in [-0.4, -0.2) is 25.5 Å². The molecule has 0 amide bonds. The first kappa shape index (κ1) is 14.9. The predicted octanol–water partition coefficient (Wildman–Crippen LogP) is 2.41. The quantitative estimate of drug-likeness (QED) is 0.509. The number of benzene rings is 1. The fraction of sp³-hybridized carbons (Fsp3) is 0.167. The van der Waals surface area contributed by atoms with Crippen LogP contribution < -0.4 is 5.73 Å². The van der Waals surface area contributed by atoms with Gasteiger partial charge in [-0.1, -0.05) is 0 Å². The maximum Gasteiger partial charge on any atom is 0.257 e. The highest BCUT2D eigenvalue weighted by Crippen LogP contribution is 2.17. The molecule has 0 bridgehead atoms. The summed E-state index contributed by atoms with van der Waals surface area (Å²) < 4.78 is 50.1. The number of aliphatic imine (C=N–C) groups is 1. The highest BCUT2D eigenvalue weighted by Gasteiger charge is 2.11. The molecule has 2 N–H and O–H groups in total. The Hall–Kier alpha value is -2.18. The van der Waals surface area contributed by atoms with E-state index in [2.05, 4.69) is 4.99 Å². The van der Waals surface area contributed by atoms with E-state index in [1.54, 1.807) is 0 Å². The molecule has 102 valence electrons. The molecule has 3 nitrogen and oxygen atoms in total. The molecule has 0 unspecified atom stereocenters. The Morgan fingerprint density at radius 2 is 1.89 bits per heavy atom. The molecule has 0 saturated carbocycles. The van der Waals surface area contributed by atoms with E-state index in [0.717, 1.165) is 24.4 Å². The van der Waals surface area contributed by atoms with Crippen LogP contribution in [0.1, 0.15) is 15.9 Å². The molecular weight excluding hydrogens is 264 g/mol. The van der Waals surface area contributed by atoms with E-state index in [-0.39, 0.29) is 17.5 Å². The van der Waals surface area contributed by atoms with E-state index in [0.29, 0.717) is 0 Å². The summed E-state index contributed by atoms with van der Waals surface area (Å²) in [4.78, 5) is 13.7. The van der Waals surface area contributed by atoms with Gasteiger partial charge in [0.2, 0.25) is 0 Å². The van der Waals surface area contributed by atoms with Crippen molar-refractivity contribution in [1.29, 1.82) is 0 Å². The van der Waals surface area contributed by atoms with Gasteiger partial charge in [0.15, 0.2) is 6.29 Å². The lowest BCUT2D eigenvalue weighted by Crippen LogP contribution is -2.02. The molecule has 0 fully saturated rings. The molecule has 0 aliphatic heterocycles. The number of aldehydes is 1. The molecule has 1 aromatic carbocycles. The molecule has 19 heavy (non-hydrogen) atoms. The Balaban J connectivity index is 2.94. The van der Waals surface area contributed by atoms with Gasteiger partial charge in [-0.25, -0.2) is 17.6 Å². The van der Waals surface area contributed by atoms with Crippen LogP contribution in [0.2, 0.25) is 0 Å². The van der Waals surface area contributed by atoms with Crippen molar-refractivity contribution in [1.82, 2.24) is 0 Å². The largest absolute Gasteiger partial charge is 0.398 e. The van der Waals surface area contributed by atoms with Gasteiger partial charge in [-0.05, 0) is 18.2 Å². The van der Waals surface area contributed by atoms with E-state index in [9.17, 15) is 22.4 Å². The summed E-state index contributed by atoms with van der Waals surface area (Å²) in [5, 5.41) is 0. The van der Waals surface area contributed by atoms with Gasteiger partial charge in [0, 0.05) is 17.5 Å². The van der Waals surface area contributed by atoms with Gasteiger partial charge < -0.3 is 5.73 Å². The van der Waals surface area contributed by atoms with Crippen molar-refractivity contribution in [2.75, 3.05) is 6.54 Å². The summed E-state index contributed by atoms with van der Waals surface area (Å²) in [6.07, 6.45) is -0.367. The maximum absolute atomic E-state index is 13.3. The monoisotopic (exact) mass is 274 g/mol. The number of alkyl halides is 2. The number of nitrogens with two attached hydrogens (primary N) is 1. The number of halogens is 4. The molecule has 0 radical (unpaired) electrons. The van der Waals surface area contributed by atoms with Crippen molar-refractivity contribution < 1.29 is 22.4 Å². The Bertz CT molecular complexity index is 503. The highest BCUT2D eigenvalue weighted by molar-refractivity contribution is 5.84. The lowest BCUT2D eigenvalue weighted by Gasteiger charge is -2.03. The van der Waals surface area contributed by atoms with E-state index >= 15 is 0 Å². The third-order valence-corrected chi connectivity index (χ3v) is 2.13. The minimum atomic E-state index is -2.58. The van der Waals surface area contributed by atoms with Crippen LogP contribution in [0.25, 0.3) is 5.70 Å². The van der Waals surface area contributed by atoms with Crippen molar-refractivity contribution in [2.45, 2.75) is 6.43 Å². The first-order valence-corrected chi connectivity index (χ1v) is 5.14. The molecule has 1 aromatic rings. The molecule has 1 rings (SSSR count). The van der Waals surface area contributed by atoms with E-state index in [1.807, 2.05) is 0 Å². The Kier molecular flexibility index (Phi) is 5.23. The van der Waals surface area contributed by atoms with Crippen molar-refractivity contribution in [3.8, 4) is 0 Å². The molecule has 0 aliphatic carbocycles. The van der Waals surface area contributed by atoms with Crippen LogP contribution in [0.4, 0.5) is 17.6 Å². The van der Waals surface area contributed by atoms with Crippen LogP contribution in [0.5, 0.6) is 0 Å². The number of carbonyl (C=O) groups excluding carboxylic acids is 1. The number of nitrogens with zero attached hydrogens (tertiary/aromatic N) is 1. The second kappa shape index (κ2) is 6.67. The zero-order valence-corrected chi connectivity index (χ0v) is 9.62. The molecule has 0 heterocycles. The molecule has 0 aromatic heterocycles. The fourth-order valence-corrected chi connectivity index (χ4v) is 1.23. The third kappa shape index (κ3) is 4.20. The molecular formula is C12H10F4N2O. The van der Waals surface area contributed by atoms with Gasteiger partial charge in [-0.3, -0.25) is 9.79 Å². The van der Waals surface area contributed by atoms with Crippen molar-refractivity contribution in [3.05, 3.63) is 41.0 Å². The van der Waals surface area contributed by atoms with Gasteiger partial charge in [-0.2, -0.15) is 0 Å². The average molecular weight is 274 g/mol. The Labute approximate surface area is 106 Å². The lowest BCUT2D eigenvalue weighted by atomic mass is 10.1. The minimum Gasteiger partial charge on any atom is -0.398 e. The molecule has 0 spiro atoms. The average Bonchev–Trinajstić information content (AvgIpc) is 2.33. The third-order valence-electron chi connectivity index (χ3n) is 2.13. The van der Waals surface area contributed by atoms with Crippen LogP contribution in [0.15, 0.2) is 23.2 Å². The standard InChI is InChI=1S/C12H10F4N2O/c13-9-3-7(4-10(14)8(9)6-19)11(17)1-2-18-5-12(15)16/h1-4,6,12H,5,17H2. The van der Waals surface area contributed by atoms with Crippen LogP contribution in [0, 0.1) is 11.6 Å². The van der Waals surface area contributed by atoms with Gasteiger partial charge in [0.1, 0.15) is 11.6 Å². The smallest absolute Gasteiger partial charge is 0.257 e. The number of carbonyl (C=O) groups is 1. The van der Waals surface area contributed by atoms with Crippen molar-refractivity contribution >= 4 is 18.2 Å².